The fourth-order valence-electron chi connectivity index (χ4n) is 7.46. The van der Waals surface area contributed by atoms with Crippen LogP contribution in [0.4, 0.5) is 11.4 Å². The van der Waals surface area contributed by atoms with Gasteiger partial charge in [0.25, 0.3) is 10.9 Å². The predicted molar refractivity (Wildman–Crippen MR) is 190 cm³/mol. The highest BCUT2D eigenvalue weighted by Crippen LogP contribution is 2.36. The standard InChI is InChI=1S/C39H52N4O5/c1-47-21-8-9-22-48-39(31-13-6-3-7-14-31)32-15-10-20-43(27-32)36-35(37(45)38(36)46)42-33(23-28-11-4-2-5-12-28)34(44)26-41-25-30-18-16-29(24-40)17-19-30/h3,6-7,13-14,16-19,28,32-34,39,41-42,44H,2,4-5,8-12,15,20-23,25-27H2,1H3/t32-,33+,34-,39?/m1/s1. The number of piperidine rings is 1. The van der Waals surface area contributed by atoms with Crippen molar-refractivity contribution in [2.24, 2.45) is 11.8 Å². The number of ether oxygens (including phenoxy) is 2. The number of nitriles is 1. The van der Waals surface area contributed by atoms with Gasteiger partial charge in [0.05, 0.1) is 29.9 Å². The molecule has 1 saturated heterocycles. The van der Waals surface area contributed by atoms with Crippen molar-refractivity contribution in [3.05, 3.63) is 91.7 Å². The van der Waals surface area contributed by atoms with Crippen LogP contribution in [-0.4, -0.2) is 57.2 Å². The van der Waals surface area contributed by atoms with Gasteiger partial charge in [-0.05, 0) is 61.3 Å². The van der Waals surface area contributed by atoms with E-state index in [-0.39, 0.29) is 18.1 Å². The molecule has 2 aliphatic rings. The second kappa shape index (κ2) is 18.3. The summed E-state index contributed by atoms with van der Waals surface area (Å²) in [6, 6.07) is 19.5. The molecule has 3 N–H and O–H groups in total. The predicted octanol–water partition coefficient (Wildman–Crippen LogP) is 5.46. The fraction of sp³-hybridized carbons (Fsp3) is 0.564. The highest BCUT2D eigenvalue weighted by Gasteiger charge is 2.35. The number of aliphatic hydroxyl groups is 1. The Morgan fingerprint density at radius 1 is 0.958 bits per heavy atom. The van der Waals surface area contributed by atoms with Crippen LogP contribution < -0.4 is 26.4 Å². The van der Waals surface area contributed by atoms with Gasteiger partial charge in [-0.1, -0.05) is 74.6 Å². The SMILES string of the molecule is COCCCCOC(c1ccccc1)[C@@H]1CCCN(c2c(N[C@@H](CC3CCCCC3)[C@H](O)CNCc3ccc(C#N)cc3)c(=O)c2=O)C1. The molecule has 1 unspecified atom stereocenters. The lowest BCUT2D eigenvalue weighted by Crippen LogP contribution is -2.50. The van der Waals surface area contributed by atoms with Gasteiger partial charge in [0.2, 0.25) is 0 Å². The highest BCUT2D eigenvalue weighted by atomic mass is 16.5. The molecule has 0 aromatic heterocycles. The van der Waals surface area contributed by atoms with Crippen LogP contribution in [0, 0.1) is 23.2 Å². The number of nitrogens with zero attached hydrogens (tertiary/aromatic N) is 2. The summed E-state index contributed by atoms with van der Waals surface area (Å²) in [6.07, 6.45) is 9.42. The van der Waals surface area contributed by atoms with Crippen LogP contribution in [0.15, 0.2) is 64.2 Å². The van der Waals surface area contributed by atoms with E-state index >= 15 is 0 Å². The normalized spacial score (nSPS) is 19.1. The summed E-state index contributed by atoms with van der Waals surface area (Å²) in [5, 5.41) is 27.3. The second-order valence-electron chi connectivity index (χ2n) is 13.6. The maximum absolute atomic E-state index is 13.2. The average Bonchev–Trinajstić information content (AvgIpc) is 3.13. The molecule has 4 atom stereocenters. The van der Waals surface area contributed by atoms with E-state index in [9.17, 15) is 14.7 Å². The van der Waals surface area contributed by atoms with E-state index in [0.717, 1.165) is 56.1 Å². The number of hydrogen-bond acceptors (Lipinski definition) is 9. The molecule has 2 fully saturated rings. The first-order valence-electron chi connectivity index (χ1n) is 17.9. The van der Waals surface area contributed by atoms with Crippen LogP contribution in [0.5, 0.6) is 0 Å². The summed E-state index contributed by atoms with van der Waals surface area (Å²) >= 11 is 0. The molecule has 258 valence electrons. The molecule has 1 aliphatic heterocycles. The Balaban J connectivity index is 1.28. The van der Waals surface area contributed by atoms with Crippen molar-refractivity contribution >= 4 is 11.4 Å². The highest BCUT2D eigenvalue weighted by molar-refractivity contribution is 5.75. The smallest absolute Gasteiger partial charge is 0.253 e. The molecule has 0 bridgehead atoms. The summed E-state index contributed by atoms with van der Waals surface area (Å²) in [5.74, 6) is 0.627. The number of hydrogen-bond donors (Lipinski definition) is 3. The van der Waals surface area contributed by atoms with Crippen molar-refractivity contribution in [1.29, 1.82) is 5.26 Å². The summed E-state index contributed by atoms with van der Waals surface area (Å²) in [5.41, 5.74) is 2.64. The van der Waals surface area contributed by atoms with E-state index in [4.69, 9.17) is 14.7 Å². The molecule has 1 saturated carbocycles. The zero-order chi connectivity index (χ0) is 33.7. The maximum atomic E-state index is 13.2. The number of nitrogens with one attached hydrogen (secondary N) is 2. The number of methoxy groups -OCH3 is 1. The molecule has 5 rings (SSSR count). The summed E-state index contributed by atoms with van der Waals surface area (Å²) in [7, 11) is 1.71. The minimum atomic E-state index is -0.759. The van der Waals surface area contributed by atoms with Gasteiger partial charge in [-0.3, -0.25) is 9.59 Å². The van der Waals surface area contributed by atoms with Gasteiger partial charge in [0.15, 0.2) is 0 Å². The fourth-order valence-corrected chi connectivity index (χ4v) is 7.46. The molecule has 48 heavy (non-hydrogen) atoms. The maximum Gasteiger partial charge on any atom is 0.253 e. The number of aliphatic hydroxyl groups excluding tert-OH is 1. The lowest BCUT2D eigenvalue weighted by Gasteiger charge is -2.40. The second-order valence-corrected chi connectivity index (χ2v) is 13.6. The van der Waals surface area contributed by atoms with Crippen LogP contribution in [0.2, 0.25) is 0 Å². The zero-order valence-corrected chi connectivity index (χ0v) is 28.4. The third kappa shape index (κ3) is 9.54. The van der Waals surface area contributed by atoms with Crippen molar-refractivity contribution in [3.8, 4) is 6.07 Å². The minimum Gasteiger partial charge on any atom is -0.390 e. The van der Waals surface area contributed by atoms with Crippen molar-refractivity contribution < 1.29 is 14.6 Å². The van der Waals surface area contributed by atoms with Gasteiger partial charge in [-0.15, -0.1) is 0 Å². The number of benzene rings is 2. The molecule has 1 heterocycles. The van der Waals surface area contributed by atoms with Gasteiger partial charge < -0.3 is 30.1 Å². The van der Waals surface area contributed by atoms with Crippen LogP contribution in [0.25, 0.3) is 0 Å². The van der Waals surface area contributed by atoms with Gasteiger partial charge in [0.1, 0.15) is 11.4 Å². The van der Waals surface area contributed by atoms with Gasteiger partial charge >= 0.3 is 0 Å². The lowest BCUT2D eigenvalue weighted by atomic mass is 9.83. The number of rotatable bonds is 18. The molecule has 3 aromatic rings. The van der Waals surface area contributed by atoms with Gasteiger partial charge in [0, 0.05) is 52.4 Å². The average molecular weight is 657 g/mol. The Bertz CT molecular complexity index is 1510. The molecule has 0 spiro atoms. The van der Waals surface area contributed by atoms with E-state index in [1.165, 1.54) is 19.3 Å². The molecule has 0 amide bonds. The molecule has 3 aromatic carbocycles. The first-order chi connectivity index (χ1) is 23.5. The zero-order valence-electron chi connectivity index (χ0n) is 28.4. The number of anilines is 2. The van der Waals surface area contributed by atoms with Crippen molar-refractivity contribution in [1.82, 2.24) is 5.32 Å². The van der Waals surface area contributed by atoms with Crippen molar-refractivity contribution in [3.63, 3.8) is 0 Å². The van der Waals surface area contributed by atoms with Crippen LogP contribution in [-0.2, 0) is 16.0 Å². The molecular formula is C39H52N4O5. The Hall–Kier alpha value is -3.55. The first kappa shape index (κ1) is 35.7. The first-order valence-corrected chi connectivity index (χ1v) is 17.9. The summed E-state index contributed by atoms with van der Waals surface area (Å²) in [6.45, 7) is 3.55. The molecular weight excluding hydrogens is 604 g/mol. The monoisotopic (exact) mass is 656 g/mol. The molecule has 0 radical (unpaired) electrons. The third-order valence-electron chi connectivity index (χ3n) is 10.1. The van der Waals surface area contributed by atoms with Gasteiger partial charge in [-0.25, -0.2) is 0 Å². The molecule has 9 nitrogen and oxygen atoms in total. The van der Waals surface area contributed by atoms with E-state index in [1.54, 1.807) is 19.2 Å². The largest absolute Gasteiger partial charge is 0.390 e. The lowest BCUT2D eigenvalue weighted by molar-refractivity contribution is 0.00229. The Morgan fingerprint density at radius 3 is 2.44 bits per heavy atom. The third-order valence-corrected chi connectivity index (χ3v) is 10.1. The summed E-state index contributed by atoms with van der Waals surface area (Å²) in [4.78, 5) is 28.4. The van der Waals surface area contributed by atoms with Crippen LogP contribution in [0.3, 0.4) is 0 Å². The van der Waals surface area contributed by atoms with Crippen LogP contribution in [0.1, 0.15) is 87.0 Å². The molecule has 1 aliphatic carbocycles. The topological polar surface area (TPSA) is 124 Å². The van der Waals surface area contributed by atoms with Crippen molar-refractivity contribution in [2.45, 2.75) is 89.0 Å². The van der Waals surface area contributed by atoms with E-state index in [0.29, 0.717) is 62.2 Å². The quantitative estimate of drug-likeness (QED) is 0.121. The Kier molecular flexibility index (Phi) is 13.6. The van der Waals surface area contributed by atoms with E-state index in [2.05, 4.69) is 33.7 Å². The van der Waals surface area contributed by atoms with Crippen molar-refractivity contribution in [2.75, 3.05) is 50.2 Å². The Morgan fingerprint density at radius 2 is 1.71 bits per heavy atom. The van der Waals surface area contributed by atoms with E-state index < -0.39 is 17.0 Å². The number of unbranched alkanes of at least 4 members (excludes halogenated alkanes) is 1. The van der Waals surface area contributed by atoms with Crippen LogP contribution >= 0.6 is 0 Å². The summed E-state index contributed by atoms with van der Waals surface area (Å²) < 4.78 is 11.7. The minimum absolute atomic E-state index is 0.109. The Labute approximate surface area is 285 Å². The molecule has 9 heteroatoms. The van der Waals surface area contributed by atoms with Gasteiger partial charge in [-0.2, -0.15) is 5.26 Å². The van der Waals surface area contributed by atoms with E-state index in [1.807, 2.05) is 30.3 Å².